The molecule has 0 bridgehead atoms. The maximum absolute atomic E-state index is 13.0. The maximum atomic E-state index is 13.0. The molecule has 5 rings (SSSR count). The predicted octanol–water partition coefficient (Wildman–Crippen LogP) is 5.10. The number of carbonyl (C=O) groups is 1. The highest BCUT2D eigenvalue weighted by molar-refractivity contribution is 7.92. The summed E-state index contributed by atoms with van der Waals surface area (Å²) in [6, 6.07) is 26.5. The monoisotopic (exact) mass is 526 g/mol. The molecule has 0 aliphatic heterocycles. The van der Waals surface area contributed by atoms with E-state index in [0.717, 1.165) is 21.7 Å². The topological polar surface area (TPSA) is 127 Å². The first-order chi connectivity index (χ1) is 18.3. The minimum Gasteiger partial charge on any atom is -0.461 e. The first-order valence-corrected chi connectivity index (χ1v) is 13.5. The number of aromatic nitrogens is 1. The molecule has 4 aromatic carbocycles. The van der Waals surface area contributed by atoms with Crippen LogP contribution < -0.4 is 10.5 Å². The van der Waals surface area contributed by atoms with Crippen molar-refractivity contribution in [1.82, 2.24) is 4.57 Å². The van der Waals surface area contributed by atoms with Gasteiger partial charge in [0.15, 0.2) is 0 Å². The Morgan fingerprint density at radius 2 is 1.68 bits per heavy atom. The molecular formula is C29H26N4O4S. The number of nitrogens with two attached hydrogens (primary N) is 1. The van der Waals surface area contributed by atoms with Gasteiger partial charge in [0, 0.05) is 28.7 Å². The Morgan fingerprint density at radius 1 is 0.947 bits per heavy atom. The van der Waals surface area contributed by atoms with Crippen LogP contribution in [-0.2, 0) is 21.3 Å². The van der Waals surface area contributed by atoms with Crippen molar-refractivity contribution in [2.45, 2.75) is 18.4 Å². The first-order valence-electron chi connectivity index (χ1n) is 12.0. The summed E-state index contributed by atoms with van der Waals surface area (Å²) in [6.07, 6.45) is 0. The van der Waals surface area contributed by atoms with E-state index in [1.165, 1.54) is 12.1 Å². The summed E-state index contributed by atoms with van der Waals surface area (Å²) in [5.74, 6) is -0.557. The zero-order valence-corrected chi connectivity index (χ0v) is 21.5. The van der Waals surface area contributed by atoms with Gasteiger partial charge in [-0.3, -0.25) is 10.1 Å². The minimum atomic E-state index is -3.81. The van der Waals surface area contributed by atoms with Gasteiger partial charge in [-0.25, -0.2) is 13.2 Å². The second-order valence-corrected chi connectivity index (χ2v) is 10.5. The zero-order valence-electron chi connectivity index (χ0n) is 20.6. The third kappa shape index (κ3) is 4.83. The molecule has 0 aliphatic carbocycles. The molecule has 192 valence electrons. The van der Waals surface area contributed by atoms with Crippen molar-refractivity contribution in [3.63, 3.8) is 0 Å². The lowest BCUT2D eigenvalue weighted by molar-refractivity contribution is 0.0515. The maximum Gasteiger partial charge on any atom is 0.354 e. The van der Waals surface area contributed by atoms with E-state index in [0.29, 0.717) is 22.5 Å². The summed E-state index contributed by atoms with van der Waals surface area (Å²) in [5, 5.41) is 10.4. The van der Waals surface area contributed by atoms with Crippen LogP contribution in [0.2, 0.25) is 0 Å². The molecule has 8 nitrogen and oxygen atoms in total. The molecule has 1 heterocycles. The number of benzene rings is 4. The molecule has 0 radical (unpaired) electrons. The van der Waals surface area contributed by atoms with E-state index in [1.807, 2.05) is 34.9 Å². The summed E-state index contributed by atoms with van der Waals surface area (Å²) >= 11 is 0. The predicted molar refractivity (Wildman–Crippen MR) is 149 cm³/mol. The van der Waals surface area contributed by atoms with Gasteiger partial charge in [0.2, 0.25) is 0 Å². The Balaban J connectivity index is 1.66. The van der Waals surface area contributed by atoms with Crippen LogP contribution in [0.5, 0.6) is 0 Å². The molecule has 0 aliphatic rings. The summed E-state index contributed by atoms with van der Waals surface area (Å²) in [6.45, 7) is 2.22. The number of amidine groups is 1. The Hall–Kier alpha value is -4.63. The van der Waals surface area contributed by atoms with Crippen LogP contribution in [0.4, 0.5) is 5.69 Å². The van der Waals surface area contributed by atoms with Gasteiger partial charge in [-0.1, -0.05) is 54.6 Å². The normalized spacial score (nSPS) is 11.5. The molecule has 0 unspecified atom stereocenters. The standard InChI is InChI=1S/C29H26N4O4S/c1-2-37-29(34)27-16-20-12-13-21(28(30)31)17-26(20)33(27)18-22-15-23(14-19-8-6-7-11-25(19)22)32-38(35,36)24-9-4-3-5-10-24/h3-17,32H,2,18H2,1H3,(H3,30,31). The number of rotatable bonds is 8. The van der Waals surface area contributed by atoms with Crippen molar-refractivity contribution in [3.8, 4) is 0 Å². The number of carbonyl (C=O) groups excluding carboxylic acids is 1. The number of nitrogen functional groups attached to an aromatic ring is 1. The molecule has 0 fully saturated rings. The number of ether oxygens (including phenoxy) is 1. The Bertz CT molecular complexity index is 1790. The molecule has 4 N–H and O–H groups in total. The highest BCUT2D eigenvalue weighted by Gasteiger charge is 2.20. The van der Waals surface area contributed by atoms with Crippen LogP contribution in [-0.4, -0.2) is 31.4 Å². The second kappa shape index (κ2) is 10.0. The first kappa shape index (κ1) is 25.0. The molecule has 0 amide bonds. The number of esters is 1. The lowest BCUT2D eigenvalue weighted by Crippen LogP contribution is -2.15. The molecule has 0 saturated heterocycles. The smallest absolute Gasteiger partial charge is 0.354 e. The minimum absolute atomic E-state index is 0.0832. The van der Waals surface area contributed by atoms with E-state index in [1.54, 1.807) is 55.5 Å². The van der Waals surface area contributed by atoms with E-state index < -0.39 is 16.0 Å². The number of hydrogen-bond acceptors (Lipinski definition) is 5. The van der Waals surface area contributed by atoms with Crippen molar-refractivity contribution in [3.05, 3.63) is 108 Å². The van der Waals surface area contributed by atoms with Crippen LogP contribution in [0.1, 0.15) is 28.5 Å². The molecule has 38 heavy (non-hydrogen) atoms. The van der Waals surface area contributed by atoms with Crippen molar-refractivity contribution in [1.29, 1.82) is 5.41 Å². The molecule has 0 saturated carbocycles. The second-order valence-electron chi connectivity index (χ2n) is 8.80. The number of fused-ring (bicyclic) bond motifs is 2. The van der Waals surface area contributed by atoms with Crippen molar-refractivity contribution in [2.75, 3.05) is 11.3 Å². The number of anilines is 1. The summed E-state index contributed by atoms with van der Waals surface area (Å²) in [4.78, 5) is 13.1. The Morgan fingerprint density at radius 3 is 2.42 bits per heavy atom. The number of hydrogen-bond donors (Lipinski definition) is 3. The van der Waals surface area contributed by atoms with Crippen LogP contribution in [0.15, 0.2) is 95.9 Å². The molecule has 0 atom stereocenters. The third-order valence-electron chi connectivity index (χ3n) is 6.28. The van der Waals surface area contributed by atoms with E-state index in [4.69, 9.17) is 15.9 Å². The Kier molecular flexibility index (Phi) is 6.61. The quantitative estimate of drug-likeness (QED) is 0.147. The summed E-state index contributed by atoms with van der Waals surface area (Å²) in [7, 11) is -3.81. The van der Waals surface area contributed by atoms with Gasteiger partial charge in [-0.15, -0.1) is 0 Å². The molecule has 0 spiro atoms. The van der Waals surface area contributed by atoms with Crippen LogP contribution in [0.25, 0.3) is 21.7 Å². The third-order valence-corrected chi connectivity index (χ3v) is 7.68. The van der Waals surface area contributed by atoms with Crippen molar-refractivity contribution < 1.29 is 17.9 Å². The van der Waals surface area contributed by atoms with Gasteiger partial charge in [0.1, 0.15) is 11.5 Å². The summed E-state index contributed by atoms with van der Waals surface area (Å²) in [5.41, 5.74) is 8.53. The van der Waals surface area contributed by atoms with Crippen molar-refractivity contribution >= 4 is 49.2 Å². The SMILES string of the molecule is CCOC(=O)c1cc2ccc(C(=N)N)cc2n1Cc1cc(NS(=O)(=O)c2ccccc2)cc2ccccc12. The van der Waals surface area contributed by atoms with E-state index in [9.17, 15) is 13.2 Å². The fourth-order valence-corrected chi connectivity index (χ4v) is 5.59. The van der Waals surface area contributed by atoms with Crippen LogP contribution >= 0.6 is 0 Å². The largest absolute Gasteiger partial charge is 0.461 e. The highest BCUT2D eigenvalue weighted by Crippen LogP contribution is 2.30. The number of nitrogens with one attached hydrogen (secondary N) is 2. The highest BCUT2D eigenvalue weighted by atomic mass is 32.2. The number of sulfonamides is 1. The van der Waals surface area contributed by atoms with Gasteiger partial charge < -0.3 is 15.0 Å². The fourth-order valence-electron chi connectivity index (χ4n) is 4.53. The molecule has 1 aromatic heterocycles. The van der Waals surface area contributed by atoms with Gasteiger partial charge in [-0.05, 0) is 59.7 Å². The van der Waals surface area contributed by atoms with Gasteiger partial charge in [0.25, 0.3) is 10.0 Å². The van der Waals surface area contributed by atoms with E-state index >= 15 is 0 Å². The van der Waals surface area contributed by atoms with Crippen LogP contribution in [0.3, 0.4) is 0 Å². The lowest BCUT2D eigenvalue weighted by Gasteiger charge is -2.16. The average Bonchev–Trinajstić information content (AvgIpc) is 3.27. The molecule has 9 heteroatoms. The zero-order chi connectivity index (χ0) is 26.9. The molecular weight excluding hydrogens is 500 g/mol. The average molecular weight is 527 g/mol. The van der Waals surface area contributed by atoms with E-state index in [2.05, 4.69) is 4.72 Å². The van der Waals surface area contributed by atoms with Gasteiger partial charge in [0.05, 0.1) is 11.5 Å². The fraction of sp³-hybridized carbons (Fsp3) is 0.103. The Labute approximate surface area is 220 Å². The van der Waals surface area contributed by atoms with Gasteiger partial charge >= 0.3 is 5.97 Å². The molecule has 5 aromatic rings. The van der Waals surface area contributed by atoms with Crippen molar-refractivity contribution in [2.24, 2.45) is 5.73 Å². The van der Waals surface area contributed by atoms with Crippen LogP contribution in [0, 0.1) is 5.41 Å². The lowest BCUT2D eigenvalue weighted by atomic mass is 10.0. The van der Waals surface area contributed by atoms with Gasteiger partial charge in [-0.2, -0.15) is 0 Å². The summed E-state index contributed by atoms with van der Waals surface area (Å²) < 4.78 is 35.9. The van der Waals surface area contributed by atoms with E-state index in [-0.39, 0.29) is 23.9 Å². The number of nitrogens with zero attached hydrogens (tertiary/aromatic N) is 1.